The number of imide groups is 1. The van der Waals surface area contributed by atoms with Gasteiger partial charge in [0.15, 0.2) is 23.6 Å². The fourth-order valence-electron chi connectivity index (χ4n) is 2.29. The Kier molecular flexibility index (Phi) is 7.94. The molecule has 2 rings (SSSR count). The van der Waals surface area contributed by atoms with Crippen molar-refractivity contribution >= 4 is 27.9 Å². The minimum absolute atomic E-state index is 0.0304. The molecular weight excluding hydrogens is 455 g/mol. The van der Waals surface area contributed by atoms with Crippen LogP contribution >= 0.6 is 0 Å². The summed E-state index contributed by atoms with van der Waals surface area (Å²) in [4.78, 5) is 33.9. The average Bonchev–Trinajstić information content (AvgIpc) is 2.76. The first-order chi connectivity index (χ1) is 15.0. The van der Waals surface area contributed by atoms with E-state index in [1.807, 2.05) is 10.0 Å². The van der Waals surface area contributed by atoms with Crippen molar-refractivity contribution in [1.82, 2.24) is 15.4 Å². The first-order valence-corrected chi connectivity index (χ1v) is 10.4. The van der Waals surface area contributed by atoms with Crippen molar-refractivity contribution in [3.8, 4) is 0 Å². The van der Waals surface area contributed by atoms with Crippen LogP contribution in [0.5, 0.6) is 0 Å². The first-order valence-electron chi connectivity index (χ1n) is 8.92. The van der Waals surface area contributed by atoms with Crippen LogP contribution in [0.4, 0.5) is 18.0 Å². The van der Waals surface area contributed by atoms with Gasteiger partial charge in [-0.2, -0.15) is 0 Å². The van der Waals surface area contributed by atoms with Crippen molar-refractivity contribution in [3.05, 3.63) is 65.0 Å². The highest BCUT2D eigenvalue weighted by Gasteiger charge is 2.24. The number of carbonyl (C=O) groups is 3. The summed E-state index contributed by atoms with van der Waals surface area (Å²) in [6.45, 7) is 0.914. The molecule has 13 heteroatoms. The van der Waals surface area contributed by atoms with Crippen LogP contribution in [0.2, 0.25) is 0 Å². The van der Waals surface area contributed by atoms with Gasteiger partial charge < -0.3 is 10.1 Å². The van der Waals surface area contributed by atoms with Crippen molar-refractivity contribution in [2.75, 3.05) is 7.05 Å². The van der Waals surface area contributed by atoms with Crippen LogP contribution in [0, 0.1) is 17.5 Å². The quantitative estimate of drug-likeness (QED) is 0.414. The lowest BCUT2D eigenvalue weighted by atomic mass is 10.1. The lowest BCUT2D eigenvalue weighted by molar-refractivity contribution is -0.127. The number of sulfonamides is 1. The number of hydrogen-bond acceptors (Lipinski definition) is 6. The van der Waals surface area contributed by atoms with Gasteiger partial charge in [0.1, 0.15) is 4.90 Å². The molecule has 1 atom stereocenters. The zero-order chi connectivity index (χ0) is 24.1. The molecule has 32 heavy (non-hydrogen) atoms. The Hall–Kier alpha value is -3.45. The van der Waals surface area contributed by atoms with E-state index >= 15 is 0 Å². The second-order valence-corrected chi connectivity index (χ2v) is 8.05. The van der Waals surface area contributed by atoms with Crippen LogP contribution in [-0.4, -0.2) is 39.5 Å². The van der Waals surface area contributed by atoms with Crippen molar-refractivity contribution < 1.29 is 40.7 Å². The van der Waals surface area contributed by atoms with Crippen LogP contribution in [-0.2, 0) is 26.1 Å². The van der Waals surface area contributed by atoms with Gasteiger partial charge in [-0.15, -0.1) is 0 Å². The molecular formula is C19H18F3N3O6S. The minimum Gasteiger partial charge on any atom is -0.449 e. The molecule has 9 nitrogen and oxygen atoms in total. The molecule has 3 N–H and O–H groups in total. The van der Waals surface area contributed by atoms with Crippen LogP contribution in [0.1, 0.15) is 22.8 Å². The molecule has 0 bridgehead atoms. The summed E-state index contributed by atoms with van der Waals surface area (Å²) in [5, 5.41) is 4.11. The predicted octanol–water partition coefficient (Wildman–Crippen LogP) is 1.58. The summed E-state index contributed by atoms with van der Waals surface area (Å²) < 4.78 is 71.3. The summed E-state index contributed by atoms with van der Waals surface area (Å²) in [6, 6.07) is 5.60. The number of hydrogen-bond donors (Lipinski definition) is 3. The minimum atomic E-state index is -4.49. The molecule has 0 aromatic heterocycles. The lowest BCUT2D eigenvalue weighted by Gasteiger charge is -2.13. The van der Waals surface area contributed by atoms with Crippen LogP contribution in [0.15, 0.2) is 41.3 Å². The summed E-state index contributed by atoms with van der Waals surface area (Å²) in [5.74, 6) is -6.99. The molecule has 0 aliphatic heterocycles. The van der Waals surface area contributed by atoms with E-state index in [1.165, 1.54) is 38.2 Å². The third kappa shape index (κ3) is 6.04. The molecule has 0 saturated heterocycles. The van der Waals surface area contributed by atoms with Gasteiger partial charge in [-0.3, -0.25) is 10.1 Å². The van der Waals surface area contributed by atoms with Gasteiger partial charge in [-0.1, -0.05) is 12.1 Å². The van der Waals surface area contributed by atoms with Crippen LogP contribution in [0.3, 0.4) is 0 Å². The van der Waals surface area contributed by atoms with E-state index in [-0.39, 0.29) is 12.1 Å². The topological polar surface area (TPSA) is 131 Å². The molecule has 2 aromatic carbocycles. The molecule has 0 unspecified atom stereocenters. The zero-order valence-electron chi connectivity index (χ0n) is 16.7. The third-order valence-corrected chi connectivity index (χ3v) is 5.48. The lowest BCUT2D eigenvalue weighted by Crippen LogP contribution is -2.43. The van der Waals surface area contributed by atoms with Gasteiger partial charge in [0.2, 0.25) is 10.0 Å². The Morgan fingerprint density at radius 3 is 2.22 bits per heavy atom. The van der Waals surface area contributed by atoms with Gasteiger partial charge in [0, 0.05) is 13.6 Å². The largest absolute Gasteiger partial charge is 0.449 e. The number of amides is 3. The molecule has 2 aromatic rings. The number of urea groups is 1. The molecule has 0 radical (unpaired) electrons. The monoisotopic (exact) mass is 473 g/mol. The highest BCUT2D eigenvalue weighted by atomic mass is 32.2. The number of benzene rings is 2. The van der Waals surface area contributed by atoms with Gasteiger partial charge in [0.25, 0.3) is 5.91 Å². The van der Waals surface area contributed by atoms with Crippen molar-refractivity contribution in [2.24, 2.45) is 0 Å². The highest BCUT2D eigenvalue weighted by molar-refractivity contribution is 7.89. The molecule has 172 valence electrons. The number of ether oxygens (including phenoxy) is 1. The zero-order valence-corrected chi connectivity index (χ0v) is 17.6. The normalized spacial score (nSPS) is 12.0. The fourth-order valence-corrected chi connectivity index (χ4v) is 3.37. The van der Waals surface area contributed by atoms with E-state index < -0.39 is 56.4 Å². The molecule has 0 fully saturated rings. The maximum atomic E-state index is 13.7. The first kappa shape index (κ1) is 24.8. The van der Waals surface area contributed by atoms with Gasteiger partial charge in [-0.25, -0.2) is 35.9 Å². The number of carbonyl (C=O) groups excluding carboxylic acids is 3. The number of halogens is 3. The average molecular weight is 473 g/mol. The van der Waals surface area contributed by atoms with E-state index in [2.05, 4.69) is 5.32 Å². The Morgan fingerprint density at radius 1 is 1.00 bits per heavy atom. The molecule has 0 saturated carbocycles. The maximum absolute atomic E-state index is 13.7. The molecule has 3 amide bonds. The third-order valence-electron chi connectivity index (χ3n) is 4.06. The number of nitrogens with one attached hydrogen (secondary N) is 3. The Balaban J connectivity index is 2.01. The molecule has 0 aliphatic carbocycles. The second-order valence-electron chi connectivity index (χ2n) is 6.31. The summed E-state index contributed by atoms with van der Waals surface area (Å²) in [5.41, 5.74) is 0.376. The number of esters is 1. The Labute approximate surface area is 181 Å². The standard InChI is InChI=1S/C19H18F3N3O6S/c1-10(17(26)25-19(28)23-2)31-18(27)12-5-3-11(4-6-12)9-24-32(29,30)14-8-7-13(20)15(21)16(14)22/h3-8,10,24H,9H2,1-2H3,(H2,23,25,26,28)/t10-/m0/s1. The second kappa shape index (κ2) is 10.2. The molecule has 0 spiro atoms. The van der Waals surface area contributed by atoms with E-state index in [0.717, 1.165) is 0 Å². The summed E-state index contributed by atoms with van der Waals surface area (Å²) in [6.07, 6.45) is -1.27. The highest BCUT2D eigenvalue weighted by Crippen LogP contribution is 2.20. The van der Waals surface area contributed by atoms with Crippen LogP contribution in [0.25, 0.3) is 0 Å². The maximum Gasteiger partial charge on any atom is 0.338 e. The van der Waals surface area contributed by atoms with E-state index in [0.29, 0.717) is 17.7 Å². The van der Waals surface area contributed by atoms with E-state index in [4.69, 9.17) is 4.74 Å². The van der Waals surface area contributed by atoms with Gasteiger partial charge >= 0.3 is 12.0 Å². The Bertz CT molecular complexity index is 1140. The van der Waals surface area contributed by atoms with Gasteiger partial charge in [0.05, 0.1) is 5.56 Å². The Morgan fingerprint density at radius 2 is 1.62 bits per heavy atom. The SMILES string of the molecule is CNC(=O)NC(=O)[C@H](C)OC(=O)c1ccc(CNS(=O)(=O)c2ccc(F)c(F)c2F)cc1. The number of rotatable bonds is 7. The van der Waals surface area contributed by atoms with E-state index in [1.54, 1.807) is 0 Å². The molecule has 0 heterocycles. The van der Waals surface area contributed by atoms with Gasteiger partial charge in [-0.05, 0) is 36.8 Å². The van der Waals surface area contributed by atoms with Crippen molar-refractivity contribution in [2.45, 2.75) is 24.5 Å². The summed E-state index contributed by atoms with van der Waals surface area (Å²) >= 11 is 0. The van der Waals surface area contributed by atoms with Crippen molar-refractivity contribution in [3.63, 3.8) is 0 Å². The fraction of sp³-hybridized carbons (Fsp3) is 0.211. The molecule has 0 aliphatic rings. The van der Waals surface area contributed by atoms with Crippen LogP contribution < -0.4 is 15.4 Å². The van der Waals surface area contributed by atoms with Crippen molar-refractivity contribution in [1.29, 1.82) is 0 Å². The van der Waals surface area contributed by atoms with E-state index in [9.17, 15) is 36.0 Å². The smallest absolute Gasteiger partial charge is 0.338 e. The predicted molar refractivity (Wildman–Crippen MR) is 104 cm³/mol. The summed E-state index contributed by atoms with van der Waals surface area (Å²) in [7, 11) is -3.19.